The number of nitrogens with zero attached hydrogens (tertiary/aromatic N) is 1. The summed E-state index contributed by atoms with van der Waals surface area (Å²) in [7, 11) is 0. The number of para-hydroxylation sites is 1. The number of carbonyl (C=O) groups is 1. The minimum absolute atomic E-state index is 0.102. The number of hydrogen-bond acceptors (Lipinski definition) is 3. The molecule has 0 aliphatic heterocycles. The number of halogens is 2. The second-order valence-electron chi connectivity index (χ2n) is 4.76. The van der Waals surface area contributed by atoms with Crippen LogP contribution in [0.3, 0.4) is 0 Å². The average molecular weight is 365 g/mol. The Morgan fingerprint density at radius 2 is 1.96 bits per heavy atom. The molecule has 0 radical (unpaired) electrons. The first-order valence-electron chi connectivity index (χ1n) is 6.91. The standard InChI is InChI=1S/C17H14Cl2N2OS/c18-14-6-5-12(9-15(14)19)11-23-8-7-17(22)21-16-4-2-1-3-13(16)10-20/h1-6,9H,7-8,11H2,(H,21,22). The highest BCUT2D eigenvalue weighted by molar-refractivity contribution is 7.98. The molecule has 3 nitrogen and oxygen atoms in total. The van der Waals surface area contributed by atoms with Crippen LogP contribution in [0.25, 0.3) is 0 Å². The van der Waals surface area contributed by atoms with Crippen molar-refractivity contribution in [1.29, 1.82) is 5.26 Å². The van der Waals surface area contributed by atoms with Gasteiger partial charge in [-0.1, -0.05) is 41.4 Å². The maximum Gasteiger partial charge on any atom is 0.225 e. The lowest BCUT2D eigenvalue weighted by molar-refractivity contribution is -0.115. The molecule has 0 unspecified atom stereocenters. The van der Waals surface area contributed by atoms with Gasteiger partial charge in [-0.3, -0.25) is 4.79 Å². The van der Waals surface area contributed by atoms with Gasteiger partial charge >= 0.3 is 0 Å². The van der Waals surface area contributed by atoms with Crippen LogP contribution in [-0.2, 0) is 10.5 Å². The Morgan fingerprint density at radius 3 is 2.70 bits per heavy atom. The number of rotatable bonds is 6. The van der Waals surface area contributed by atoms with Crippen molar-refractivity contribution in [3.63, 3.8) is 0 Å². The summed E-state index contributed by atoms with van der Waals surface area (Å²) >= 11 is 13.5. The Bertz CT molecular complexity index is 744. The van der Waals surface area contributed by atoms with Crippen molar-refractivity contribution in [2.75, 3.05) is 11.1 Å². The van der Waals surface area contributed by atoms with Gasteiger partial charge in [0.1, 0.15) is 6.07 Å². The highest BCUT2D eigenvalue weighted by Gasteiger charge is 2.06. The van der Waals surface area contributed by atoms with Crippen molar-refractivity contribution in [1.82, 2.24) is 0 Å². The van der Waals surface area contributed by atoms with Crippen LogP contribution < -0.4 is 5.32 Å². The summed E-state index contributed by atoms with van der Waals surface area (Å²) in [6.07, 6.45) is 0.381. The van der Waals surface area contributed by atoms with Gasteiger partial charge in [0.25, 0.3) is 0 Å². The molecule has 2 aromatic carbocycles. The van der Waals surface area contributed by atoms with Gasteiger partial charge in [-0.05, 0) is 29.8 Å². The zero-order chi connectivity index (χ0) is 16.7. The normalized spacial score (nSPS) is 10.1. The van der Waals surface area contributed by atoms with Gasteiger partial charge in [-0.15, -0.1) is 0 Å². The fourth-order valence-electron chi connectivity index (χ4n) is 1.89. The summed E-state index contributed by atoms with van der Waals surface area (Å²) in [5.41, 5.74) is 2.08. The summed E-state index contributed by atoms with van der Waals surface area (Å²) in [4.78, 5) is 11.9. The summed E-state index contributed by atoms with van der Waals surface area (Å²) in [5, 5.41) is 12.8. The van der Waals surface area contributed by atoms with Crippen LogP contribution in [0.4, 0.5) is 5.69 Å². The molecule has 6 heteroatoms. The molecule has 118 valence electrons. The molecule has 0 heterocycles. The Kier molecular flexibility index (Phi) is 6.79. The van der Waals surface area contributed by atoms with Crippen molar-refractivity contribution >= 4 is 46.6 Å². The van der Waals surface area contributed by atoms with E-state index in [4.69, 9.17) is 28.5 Å². The quantitative estimate of drug-likeness (QED) is 0.723. The second kappa shape index (κ2) is 8.83. The molecule has 1 amide bonds. The zero-order valence-corrected chi connectivity index (χ0v) is 14.5. The van der Waals surface area contributed by atoms with Gasteiger partial charge in [0.05, 0.1) is 21.3 Å². The predicted octanol–water partition coefficient (Wildman–Crippen LogP) is 5.13. The largest absolute Gasteiger partial charge is 0.325 e. The molecule has 0 aromatic heterocycles. The summed E-state index contributed by atoms with van der Waals surface area (Å²) < 4.78 is 0. The van der Waals surface area contributed by atoms with Gasteiger partial charge in [0.2, 0.25) is 5.91 Å². The van der Waals surface area contributed by atoms with E-state index in [1.165, 1.54) is 0 Å². The third-order valence-electron chi connectivity index (χ3n) is 3.05. The maximum atomic E-state index is 11.9. The van der Waals surface area contributed by atoms with E-state index in [0.717, 1.165) is 11.3 Å². The van der Waals surface area contributed by atoms with E-state index in [1.54, 1.807) is 42.1 Å². The average Bonchev–Trinajstić information content (AvgIpc) is 2.55. The Labute approximate surface area is 149 Å². The van der Waals surface area contributed by atoms with Gasteiger partial charge in [-0.2, -0.15) is 17.0 Å². The smallest absolute Gasteiger partial charge is 0.225 e. The summed E-state index contributed by atoms with van der Waals surface area (Å²) in [6, 6.07) is 14.5. The number of hydrogen-bond donors (Lipinski definition) is 1. The zero-order valence-electron chi connectivity index (χ0n) is 12.2. The van der Waals surface area contributed by atoms with Crippen molar-refractivity contribution in [2.24, 2.45) is 0 Å². The van der Waals surface area contributed by atoms with Crippen molar-refractivity contribution in [3.05, 3.63) is 63.6 Å². The number of nitrogens with one attached hydrogen (secondary N) is 1. The lowest BCUT2D eigenvalue weighted by atomic mass is 10.2. The van der Waals surface area contributed by atoms with E-state index < -0.39 is 0 Å². The van der Waals surface area contributed by atoms with E-state index in [2.05, 4.69) is 11.4 Å². The Hall–Kier alpha value is -1.67. The molecule has 0 atom stereocenters. The second-order valence-corrected chi connectivity index (χ2v) is 6.68. The summed E-state index contributed by atoms with van der Waals surface area (Å²) in [6.45, 7) is 0. The molecule has 0 aliphatic rings. The molecule has 2 aromatic rings. The predicted molar refractivity (Wildman–Crippen MR) is 97.0 cm³/mol. The molecular weight excluding hydrogens is 351 g/mol. The van der Waals surface area contributed by atoms with Gasteiger partial charge in [0.15, 0.2) is 0 Å². The first kappa shape index (κ1) is 17.7. The van der Waals surface area contributed by atoms with E-state index in [-0.39, 0.29) is 5.91 Å². The van der Waals surface area contributed by atoms with Gasteiger partial charge in [-0.25, -0.2) is 0 Å². The van der Waals surface area contributed by atoms with Gasteiger partial charge < -0.3 is 5.32 Å². The van der Waals surface area contributed by atoms with Crippen molar-refractivity contribution in [2.45, 2.75) is 12.2 Å². The molecule has 0 saturated heterocycles. The number of anilines is 1. The molecule has 2 rings (SSSR count). The third-order valence-corrected chi connectivity index (χ3v) is 4.82. The maximum absolute atomic E-state index is 11.9. The molecule has 0 spiro atoms. The Balaban J connectivity index is 1.77. The monoisotopic (exact) mass is 364 g/mol. The number of thioether (sulfide) groups is 1. The van der Waals surface area contributed by atoms with Gasteiger partial charge in [0, 0.05) is 17.9 Å². The first-order chi connectivity index (χ1) is 11.1. The fraction of sp³-hybridized carbons (Fsp3) is 0.176. The molecular formula is C17H14Cl2N2OS. The van der Waals surface area contributed by atoms with Crippen LogP contribution in [0.15, 0.2) is 42.5 Å². The fourth-order valence-corrected chi connectivity index (χ4v) is 3.10. The third kappa shape index (κ3) is 5.47. The molecule has 0 aliphatic carbocycles. The van der Waals surface area contributed by atoms with Crippen LogP contribution in [0.2, 0.25) is 10.0 Å². The van der Waals surface area contributed by atoms with E-state index in [0.29, 0.717) is 33.5 Å². The topological polar surface area (TPSA) is 52.9 Å². The van der Waals surface area contributed by atoms with Crippen molar-refractivity contribution in [3.8, 4) is 6.07 Å². The molecule has 1 N–H and O–H groups in total. The van der Waals surface area contributed by atoms with E-state index in [1.807, 2.05) is 12.1 Å². The number of carbonyl (C=O) groups excluding carboxylic acids is 1. The van der Waals surface area contributed by atoms with Crippen LogP contribution in [0.5, 0.6) is 0 Å². The number of nitriles is 1. The number of amides is 1. The molecule has 0 fully saturated rings. The molecule has 0 bridgehead atoms. The lowest BCUT2D eigenvalue weighted by Crippen LogP contribution is -2.13. The lowest BCUT2D eigenvalue weighted by Gasteiger charge is -2.07. The Morgan fingerprint density at radius 1 is 1.17 bits per heavy atom. The highest BCUT2D eigenvalue weighted by atomic mass is 35.5. The van der Waals surface area contributed by atoms with Crippen LogP contribution >= 0.6 is 35.0 Å². The molecule has 23 heavy (non-hydrogen) atoms. The van der Waals surface area contributed by atoms with E-state index in [9.17, 15) is 4.79 Å². The van der Waals surface area contributed by atoms with Crippen LogP contribution in [0.1, 0.15) is 17.5 Å². The molecule has 0 saturated carbocycles. The minimum atomic E-state index is -0.102. The van der Waals surface area contributed by atoms with Crippen LogP contribution in [0, 0.1) is 11.3 Å². The van der Waals surface area contributed by atoms with Crippen LogP contribution in [-0.4, -0.2) is 11.7 Å². The highest BCUT2D eigenvalue weighted by Crippen LogP contribution is 2.25. The van der Waals surface area contributed by atoms with E-state index >= 15 is 0 Å². The number of benzene rings is 2. The summed E-state index contributed by atoms with van der Waals surface area (Å²) in [5.74, 6) is 1.34. The van der Waals surface area contributed by atoms with Crippen molar-refractivity contribution < 1.29 is 4.79 Å². The first-order valence-corrected chi connectivity index (χ1v) is 8.82. The SMILES string of the molecule is N#Cc1ccccc1NC(=O)CCSCc1ccc(Cl)c(Cl)c1. The minimum Gasteiger partial charge on any atom is -0.325 e.